The second kappa shape index (κ2) is 15.9. The number of esters is 2. The first-order chi connectivity index (χ1) is 27.8. The molecular weight excluding hydrogens is 773 g/mol. The van der Waals surface area contributed by atoms with E-state index in [1.807, 2.05) is 101 Å². The Kier molecular flexibility index (Phi) is 11.4. The van der Waals surface area contributed by atoms with Crippen LogP contribution < -0.4 is 10.0 Å². The minimum atomic E-state index is -3.90. The highest BCUT2D eigenvalue weighted by Crippen LogP contribution is 2.47. The van der Waals surface area contributed by atoms with Crippen molar-refractivity contribution in [3.05, 3.63) is 71.9 Å². The van der Waals surface area contributed by atoms with Crippen LogP contribution in [0.25, 0.3) is 22.7 Å². The molecule has 0 radical (unpaired) electrons. The van der Waals surface area contributed by atoms with Crippen LogP contribution >= 0.6 is 0 Å². The first kappa shape index (κ1) is 42.2. The van der Waals surface area contributed by atoms with Gasteiger partial charge < -0.3 is 24.3 Å². The number of carbonyl (C=O) groups excluding carboxylic acids is 5. The molecule has 4 bridgehead atoms. The van der Waals surface area contributed by atoms with E-state index in [1.165, 1.54) is 4.90 Å². The molecule has 2 aliphatic carbocycles. The molecule has 2 aliphatic heterocycles. The number of hydrogen-bond donors (Lipinski definition) is 2. The number of nitrogens with one attached hydrogen (secondary N) is 2. The Labute approximate surface area is 346 Å². The predicted octanol–water partition coefficient (Wildman–Crippen LogP) is 6.08. The van der Waals surface area contributed by atoms with Crippen LogP contribution in [0, 0.1) is 22.7 Å². The van der Waals surface area contributed by atoms with Gasteiger partial charge in [0.2, 0.25) is 21.8 Å². The largest absolute Gasteiger partial charge is 0.465 e. The summed E-state index contributed by atoms with van der Waals surface area (Å²) < 4.78 is 41.7. The molecule has 14 heteroatoms. The summed E-state index contributed by atoms with van der Waals surface area (Å²) in [5.41, 5.74) is 0.103. The van der Waals surface area contributed by atoms with Crippen LogP contribution in [0.15, 0.2) is 60.7 Å². The van der Waals surface area contributed by atoms with Gasteiger partial charge in [0, 0.05) is 17.5 Å². The van der Waals surface area contributed by atoms with Crippen molar-refractivity contribution < 1.29 is 41.9 Å². The van der Waals surface area contributed by atoms with Gasteiger partial charge in [-0.15, -0.1) is 0 Å². The van der Waals surface area contributed by atoms with Crippen molar-refractivity contribution >= 4 is 56.7 Å². The SMILES string of the molecule is CC[C@@H]1C[C@]1(NC(=O)[C@@H]1C[C@@H]2CN1C(=O)[C@H](C(C)(C)C)CC(=O)OCC(C)(C)CC/C=C/c1cccc3c1cc(n3-c1ccccc1)C(=O)O2)C(=O)NS(=O)(=O)C1CC1. The molecule has 4 aliphatic rings. The summed E-state index contributed by atoms with van der Waals surface area (Å²) >= 11 is 0. The number of aromatic nitrogens is 1. The van der Waals surface area contributed by atoms with E-state index in [9.17, 15) is 32.4 Å². The van der Waals surface area contributed by atoms with Gasteiger partial charge in [-0.25, -0.2) is 13.2 Å². The summed E-state index contributed by atoms with van der Waals surface area (Å²) in [7, 11) is -3.90. The highest BCUT2D eigenvalue weighted by molar-refractivity contribution is 7.91. The maximum absolute atomic E-state index is 14.8. The summed E-state index contributed by atoms with van der Waals surface area (Å²) in [5.74, 6) is -4.39. The molecule has 316 valence electrons. The van der Waals surface area contributed by atoms with Crippen molar-refractivity contribution in [3.63, 3.8) is 0 Å². The molecule has 0 unspecified atom stereocenters. The first-order valence-electron chi connectivity index (χ1n) is 20.7. The van der Waals surface area contributed by atoms with Crippen LogP contribution in [-0.4, -0.2) is 83.6 Å². The number of rotatable bonds is 7. The molecule has 3 heterocycles. The Morgan fingerprint density at radius 2 is 1.73 bits per heavy atom. The lowest BCUT2D eigenvalue weighted by Gasteiger charge is -2.35. The molecule has 1 aromatic heterocycles. The normalized spacial score (nSPS) is 27.2. The number of amides is 3. The van der Waals surface area contributed by atoms with E-state index < -0.39 is 74.0 Å². The van der Waals surface area contributed by atoms with Gasteiger partial charge in [0.25, 0.3) is 5.91 Å². The van der Waals surface area contributed by atoms with E-state index in [4.69, 9.17) is 9.47 Å². The third kappa shape index (κ3) is 8.83. The van der Waals surface area contributed by atoms with Gasteiger partial charge in [0.05, 0.1) is 36.3 Å². The van der Waals surface area contributed by atoms with Crippen molar-refractivity contribution in [2.75, 3.05) is 13.2 Å². The minimum Gasteiger partial charge on any atom is -0.465 e. The van der Waals surface area contributed by atoms with E-state index in [-0.39, 0.29) is 49.4 Å². The zero-order chi connectivity index (χ0) is 42.5. The number of carbonyl (C=O) groups is 5. The quantitative estimate of drug-likeness (QED) is 0.268. The van der Waals surface area contributed by atoms with Crippen molar-refractivity contribution in [2.24, 2.45) is 22.7 Å². The number of cyclic esters (lactones) is 1. The third-order valence-corrected chi connectivity index (χ3v) is 14.2. The average molecular weight is 829 g/mol. The zero-order valence-electron chi connectivity index (χ0n) is 34.8. The van der Waals surface area contributed by atoms with E-state index >= 15 is 0 Å². The first-order valence-corrected chi connectivity index (χ1v) is 22.3. The number of benzene rings is 2. The Balaban J connectivity index is 1.26. The number of allylic oxidation sites excluding steroid dienone is 1. The lowest BCUT2D eigenvalue weighted by Crippen LogP contribution is -2.57. The van der Waals surface area contributed by atoms with Crippen LogP contribution in [-0.2, 0) is 38.7 Å². The number of ether oxygens (including phenoxy) is 2. The Bertz CT molecular complexity index is 2290. The summed E-state index contributed by atoms with van der Waals surface area (Å²) in [4.78, 5) is 72.2. The standard InChI is InChI=1S/C45H56N4O9S/c1-7-29-25-45(29,42(54)47-59(55,56)32-19-20-32)46-39(51)36-22-31-26-48(36)40(52)34(43(2,3)4)24-38(50)57-27-44(5,6)21-12-11-14-28-15-13-18-35-33(28)23-37(41(53)58-31)49(35)30-16-9-8-10-17-30/h8-11,13-18,23,29,31-32,34,36H,7,12,19-22,24-27H2,1-6H3,(H,46,51)(H,47,54)/b14-11+/t29-,31-,34-,36+,45-/m1/s1. The molecule has 7 rings (SSSR count). The summed E-state index contributed by atoms with van der Waals surface area (Å²) in [6, 6.07) is 15.9. The van der Waals surface area contributed by atoms with E-state index in [2.05, 4.69) is 16.1 Å². The summed E-state index contributed by atoms with van der Waals surface area (Å²) in [6.45, 7) is 11.4. The van der Waals surface area contributed by atoms with Crippen molar-refractivity contribution in [1.82, 2.24) is 19.5 Å². The van der Waals surface area contributed by atoms with Gasteiger partial charge in [-0.2, -0.15) is 0 Å². The fourth-order valence-corrected chi connectivity index (χ4v) is 9.87. The van der Waals surface area contributed by atoms with E-state index in [0.717, 1.165) is 22.2 Å². The molecule has 3 aromatic rings. The van der Waals surface area contributed by atoms with E-state index in [0.29, 0.717) is 32.1 Å². The molecular formula is C45H56N4O9S. The van der Waals surface area contributed by atoms with Gasteiger partial charge in [-0.3, -0.25) is 23.9 Å². The lowest BCUT2D eigenvalue weighted by atomic mass is 9.77. The second-order valence-corrected chi connectivity index (χ2v) is 20.5. The lowest BCUT2D eigenvalue weighted by molar-refractivity contribution is -0.155. The zero-order valence-corrected chi connectivity index (χ0v) is 35.6. The van der Waals surface area contributed by atoms with Gasteiger partial charge in [0.1, 0.15) is 23.4 Å². The number of nitrogens with zero attached hydrogens (tertiary/aromatic N) is 2. The molecule has 59 heavy (non-hydrogen) atoms. The highest BCUT2D eigenvalue weighted by Gasteiger charge is 2.62. The molecule has 13 nitrogen and oxygen atoms in total. The molecule has 3 amide bonds. The van der Waals surface area contributed by atoms with Gasteiger partial charge in [-0.1, -0.05) is 90.4 Å². The maximum Gasteiger partial charge on any atom is 0.355 e. The van der Waals surface area contributed by atoms with Crippen LogP contribution in [0.4, 0.5) is 0 Å². The average Bonchev–Trinajstić information content (AvgIpc) is 4.08. The fourth-order valence-electron chi connectivity index (χ4n) is 8.51. The molecule has 3 fully saturated rings. The van der Waals surface area contributed by atoms with Crippen LogP contribution in [0.3, 0.4) is 0 Å². The predicted molar refractivity (Wildman–Crippen MR) is 223 cm³/mol. The minimum absolute atomic E-state index is 0.0901. The van der Waals surface area contributed by atoms with Gasteiger partial charge >= 0.3 is 11.9 Å². The third-order valence-electron chi connectivity index (χ3n) is 12.4. The molecule has 2 aromatic carbocycles. The fraction of sp³-hybridized carbons (Fsp3) is 0.533. The number of sulfonamides is 1. The molecule has 2 N–H and O–H groups in total. The van der Waals surface area contributed by atoms with Gasteiger partial charge in [-0.05, 0) is 78.7 Å². The van der Waals surface area contributed by atoms with Crippen LogP contribution in [0.5, 0.6) is 0 Å². The molecule has 1 saturated heterocycles. The molecule has 0 spiro atoms. The Hall–Kier alpha value is -4.98. The van der Waals surface area contributed by atoms with Crippen molar-refractivity contribution in [3.8, 4) is 5.69 Å². The molecule has 2 saturated carbocycles. The van der Waals surface area contributed by atoms with E-state index in [1.54, 1.807) is 6.07 Å². The monoisotopic (exact) mass is 828 g/mol. The topological polar surface area (TPSA) is 170 Å². The Morgan fingerprint density at radius 1 is 1.00 bits per heavy atom. The van der Waals surface area contributed by atoms with Crippen molar-refractivity contribution in [1.29, 1.82) is 0 Å². The van der Waals surface area contributed by atoms with Crippen LogP contribution in [0.1, 0.15) is 109 Å². The Morgan fingerprint density at radius 3 is 2.39 bits per heavy atom. The van der Waals surface area contributed by atoms with Crippen LogP contribution in [0.2, 0.25) is 0 Å². The second-order valence-electron chi connectivity index (χ2n) is 18.6. The summed E-state index contributed by atoms with van der Waals surface area (Å²) in [6.07, 6.45) is 5.91. The highest BCUT2D eigenvalue weighted by atomic mass is 32.2. The number of hydrogen-bond acceptors (Lipinski definition) is 9. The number of para-hydroxylation sites is 1. The van der Waals surface area contributed by atoms with Crippen molar-refractivity contribution in [2.45, 2.75) is 116 Å². The number of fused-ring (bicyclic) bond motifs is 3. The smallest absolute Gasteiger partial charge is 0.355 e. The summed E-state index contributed by atoms with van der Waals surface area (Å²) in [5, 5.41) is 3.05. The maximum atomic E-state index is 14.8. The van der Waals surface area contributed by atoms with Gasteiger partial charge in [0.15, 0.2) is 0 Å². The molecule has 5 atom stereocenters.